The largest absolute Gasteiger partial charge is 0.319 e. The van der Waals surface area contributed by atoms with E-state index in [-0.39, 0.29) is 18.7 Å². The molecule has 4 rings (SSSR count). The number of hydrogen-bond acceptors (Lipinski definition) is 6. The van der Waals surface area contributed by atoms with Crippen LogP contribution in [0.4, 0.5) is 0 Å². The number of rotatable bonds is 6. The van der Waals surface area contributed by atoms with Gasteiger partial charge in [0.2, 0.25) is 11.8 Å². The van der Waals surface area contributed by atoms with Crippen LogP contribution in [0.5, 0.6) is 0 Å². The molecule has 0 bridgehead atoms. The summed E-state index contributed by atoms with van der Waals surface area (Å²) in [7, 11) is 1.99. The van der Waals surface area contributed by atoms with Crippen LogP contribution in [0.25, 0.3) is 0 Å². The SMILES string of the molecule is CNCC1CCC(NCc2ccc3c(c2)C(=O)N(C2CCC(=O)NC2=O)C3=O)CC1. The van der Waals surface area contributed by atoms with Gasteiger partial charge in [-0.2, -0.15) is 0 Å². The number of nitrogens with zero attached hydrogens (tertiary/aromatic N) is 1. The molecule has 1 aromatic rings. The van der Waals surface area contributed by atoms with Crippen molar-refractivity contribution in [3.8, 4) is 0 Å². The van der Waals surface area contributed by atoms with Crippen molar-refractivity contribution in [3.63, 3.8) is 0 Å². The highest BCUT2D eigenvalue weighted by Crippen LogP contribution is 2.29. The minimum absolute atomic E-state index is 0.121. The predicted molar refractivity (Wildman–Crippen MR) is 110 cm³/mol. The van der Waals surface area contributed by atoms with Crippen LogP contribution in [0, 0.1) is 5.92 Å². The third-order valence-corrected chi connectivity index (χ3v) is 6.44. The lowest BCUT2D eigenvalue weighted by atomic mass is 9.86. The fourth-order valence-corrected chi connectivity index (χ4v) is 4.75. The molecule has 2 fully saturated rings. The molecule has 2 aliphatic heterocycles. The van der Waals surface area contributed by atoms with Gasteiger partial charge in [0.05, 0.1) is 11.1 Å². The van der Waals surface area contributed by atoms with E-state index in [1.165, 1.54) is 12.8 Å². The van der Waals surface area contributed by atoms with Crippen molar-refractivity contribution >= 4 is 23.6 Å². The second-order valence-corrected chi connectivity index (χ2v) is 8.48. The summed E-state index contributed by atoms with van der Waals surface area (Å²) in [4.78, 5) is 50.2. The minimum atomic E-state index is -0.926. The number of fused-ring (bicyclic) bond motifs is 1. The molecule has 8 heteroatoms. The quantitative estimate of drug-likeness (QED) is 0.601. The standard InChI is InChI=1S/C22H28N4O4/c1-23-11-13-2-5-15(6-3-13)24-12-14-4-7-16-17(10-14)22(30)26(21(16)29)18-8-9-19(27)25-20(18)28/h4,7,10,13,15,18,23-24H,2-3,5-6,8-9,11-12H2,1H3,(H,25,27,28). The number of amides is 4. The van der Waals surface area contributed by atoms with E-state index in [4.69, 9.17) is 0 Å². The van der Waals surface area contributed by atoms with Gasteiger partial charge in [0.25, 0.3) is 11.8 Å². The first kappa shape index (κ1) is 20.7. The number of hydrogen-bond donors (Lipinski definition) is 3. The van der Waals surface area contributed by atoms with Crippen LogP contribution in [0.2, 0.25) is 0 Å². The van der Waals surface area contributed by atoms with E-state index in [1.807, 2.05) is 13.1 Å². The third kappa shape index (κ3) is 4.02. The van der Waals surface area contributed by atoms with E-state index in [0.717, 1.165) is 35.8 Å². The summed E-state index contributed by atoms with van der Waals surface area (Å²) >= 11 is 0. The van der Waals surface area contributed by atoms with Crippen molar-refractivity contribution in [2.45, 2.75) is 57.2 Å². The highest BCUT2D eigenvalue weighted by Gasteiger charge is 2.44. The van der Waals surface area contributed by atoms with Gasteiger partial charge in [-0.05, 0) is 69.3 Å². The minimum Gasteiger partial charge on any atom is -0.319 e. The molecule has 0 radical (unpaired) electrons. The predicted octanol–water partition coefficient (Wildman–Crippen LogP) is 0.956. The molecular formula is C22H28N4O4. The van der Waals surface area contributed by atoms with E-state index in [0.29, 0.717) is 23.7 Å². The van der Waals surface area contributed by atoms with Gasteiger partial charge < -0.3 is 10.6 Å². The normalized spacial score (nSPS) is 26.7. The summed E-state index contributed by atoms with van der Waals surface area (Å²) in [6.07, 6.45) is 4.97. The number of piperidine rings is 1. The van der Waals surface area contributed by atoms with Gasteiger partial charge >= 0.3 is 0 Å². The van der Waals surface area contributed by atoms with Gasteiger partial charge in [0.1, 0.15) is 6.04 Å². The molecule has 1 aliphatic carbocycles. The first-order valence-electron chi connectivity index (χ1n) is 10.7. The van der Waals surface area contributed by atoms with E-state index in [1.54, 1.807) is 12.1 Å². The van der Waals surface area contributed by atoms with Crippen molar-refractivity contribution in [2.75, 3.05) is 13.6 Å². The molecule has 2 heterocycles. The Bertz CT molecular complexity index is 876. The molecule has 1 aromatic carbocycles. The van der Waals surface area contributed by atoms with Gasteiger partial charge in [0.15, 0.2) is 0 Å². The lowest BCUT2D eigenvalue weighted by Gasteiger charge is -2.29. The maximum absolute atomic E-state index is 12.9. The number of carbonyl (C=O) groups is 4. The van der Waals surface area contributed by atoms with E-state index >= 15 is 0 Å². The van der Waals surface area contributed by atoms with Crippen molar-refractivity contribution < 1.29 is 19.2 Å². The lowest BCUT2D eigenvalue weighted by Crippen LogP contribution is -2.54. The number of benzene rings is 1. The average Bonchev–Trinajstić information content (AvgIpc) is 2.98. The third-order valence-electron chi connectivity index (χ3n) is 6.44. The molecule has 3 aliphatic rings. The molecule has 4 amide bonds. The molecule has 1 saturated carbocycles. The second-order valence-electron chi connectivity index (χ2n) is 8.48. The molecular weight excluding hydrogens is 384 g/mol. The Morgan fingerprint density at radius 1 is 1.00 bits per heavy atom. The molecule has 3 N–H and O–H groups in total. The van der Waals surface area contributed by atoms with Crippen LogP contribution in [0.1, 0.15) is 64.8 Å². The second kappa shape index (κ2) is 8.65. The van der Waals surface area contributed by atoms with Crippen LogP contribution in [-0.4, -0.2) is 54.2 Å². The topological polar surface area (TPSA) is 108 Å². The van der Waals surface area contributed by atoms with Gasteiger partial charge in [-0.1, -0.05) is 6.07 Å². The Balaban J connectivity index is 1.40. The highest BCUT2D eigenvalue weighted by molar-refractivity contribution is 6.23. The van der Waals surface area contributed by atoms with Crippen LogP contribution in [0.15, 0.2) is 18.2 Å². The van der Waals surface area contributed by atoms with Crippen LogP contribution in [0.3, 0.4) is 0 Å². The van der Waals surface area contributed by atoms with Gasteiger partial charge in [0, 0.05) is 19.0 Å². The Hall–Kier alpha value is -2.58. The molecule has 8 nitrogen and oxygen atoms in total. The molecule has 30 heavy (non-hydrogen) atoms. The summed E-state index contributed by atoms with van der Waals surface area (Å²) < 4.78 is 0. The summed E-state index contributed by atoms with van der Waals surface area (Å²) in [6, 6.07) is 4.81. The monoisotopic (exact) mass is 412 g/mol. The fraction of sp³-hybridized carbons (Fsp3) is 0.545. The van der Waals surface area contributed by atoms with Crippen LogP contribution >= 0.6 is 0 Å². The Morgan fingerprint density at radius 2 is 1.73 bits per heavy atom. The van der Waals surface area contributed by atoms with Crippen molar-refractivity contribution in [2.24, 2.45) is 5.92 Å². The van der Waals surface area contributed by atoms with Gasteiger partial charge in [-0.3, -0.25) is 29.4 Å². The van der Waals surface area contributed by atoms with E-state index in [9.17, 15) is 19.2 Å². The zero-order chi connectivity index (χ0) is 21.3. The van der Waals surface area contributed by atoms with Crippen molar-refractivity contribution in [3.05, 3.63) is 34.9 Å². The summed E-state index contributed by atoms with van der Waals surface area (Å²) in [6.45, 7) is 1.70. The lowest BCUT2D eigenvalue weighted by molar-refractivity contribution is -0.136. The molecule has 0 spiro atoms. The Labute approximate surface area is 175 Å². The Morgan fingerprint density at radius 3 is 2.43 bits per heavy atom. The fourth-order valence-electron chi connectivity index (χ4n) is 4.75. The number of nitrogens with one attached hydrogen (secondary N) is 3. The van der Waals surface area contributed by atoms with E-state index < -0.39 is 23.8 Å². The van der Waals surface area contributed by atoms with Gasteiger partial charge in [-0.15, -0.1) is 0 Å². The molecule has 1 unspecified atom stereocenters. The van der Waals surface area contributed by atoms with Gasteiger partial charge in [-0.25, -0.2) is 0 Å². The zero-order valence-corrected chi connectivity index (χ0v) is 17.2. The van der Waals surface area contributed by atoms with Crippen LogP contribution < -0.4 is 16.0 Å². The Kier molecular flexibility index (Phi) is 5.97. The first-order chi connectivity index (χ1) is 14.5. The smallest absolute Gasteiger partial charge is 0.262 e. The average molecular weight is 412 g/mol. The summed E-state index contributed by atoms with van der Waals surface area (Å²) in [5, 5.41) is 9.04. The van der Waals surface area contributed by atoms with Crippen molar-refractivity contribution in [1.29, 1.82) is 0 Å². The van der Waals surface area contributed by atoms with Crippen LogP contribution in [-0.2, 0) is 16.1 Å². The van der Waals surface area contributed by atoms with E-state index in [2.05, 4.69) is 16.0 Å². The maximum Gasteiger partial charge on any atom is 0.262 e. The number of carbonyl (C=O) groups excluding carboxylic acids is 4. The summed E-state index contributed by atoms with van der Waals surface area (Å²) in [5.41, 5.74) is 1.60. The highest BCUT2D eigenvalue weighted by atomic mass is 16.2. The number of imide groups is 2. The first-order valence-corrected chi connectivity index (χ1v) is 10.7. The van der Waals surface area contributed by atoms with Crippen molar-refractivity contribution in [1.82, 2.24) is 20.9 Å². The molecule has 1 atom stereocenters. The molecule has 160 valence electrons. The molecule has 1 saturated heterocycles. The maximum atomic E-state index is 12.9. The zero-order valence-electron chi connectivity index (χ0n) is 17.2. The molecule has 0 aromatic heterocycles. The summed E-state index contributed by atoms with van der Waals surface area (Å²) in [5.74, 6) is -1.14.